The molecule has 4 heteroatoms. The lowest BCUT2D eigenvalue weighted by atomic mass is 10.0. The van der Waals surface area contributed by atoms with E-state index in [0.717, 1.165) is 18.0 Å². The Morgan fingerprint density at radius 1 is 1.35 bits per heavy atom. The molecule has 0 aliphatic rings. The largest absolute Gasteiger partial charge is 0.491 e. The molecular formula is C16H23N3O. The van der Waals surface area contributed by atoms with Crippen molar-refractivity contribution in [2.75, 3.05) is 7.05 Å². The standard InChI is InChI=1S/C16H23N3O/c1-12(2)20-14-7-5-6-13(10-14)15(17-3)11-16-18-8-9-19(16)4/h5-10,12,15,17H,11H2,1-4H3. The number of likely N-dealkylation sites (N-methyl/N-ethyl adjacent to an activating group) is 1. The Balaban J connectivity index is 2.17. The van der Waals surface area contributed by atoms with Crippen LogP contribution in [-0.2, 0) is 13.5 Å². The molecule has 0 fully saturated rings. The van der Waals surface area contributed by atoms with Crippen molar-refractivity contribution in [3.05, 3.63) is 48.0 Å². The Morgan fingerprint density at radius 3 is 2.75 bits per heavy atom. The summed E-state index contributed by atoms with van der Waals surface area (Å²) in [4.78, 5) is 4.39. The van der Waals surface area contributed by atoms with Crippen LogP contribution in [0.25, 0.3) is 0 Å². The summed E-state index contributed by atoms with van der Waals surface area (Å²) in [5.41, 5.74) is 1.22. The Hall–Kier alpha value is -1.81. The van der Waals surface area contributed by atoms with Crippen molar-refractivity contribution >= 4 is 0 Å². The maximum Gasteiger partial charge on any atom is 0.120 e. The topological polar surface area (TPSA) is 39.1 Å². The van der Waals surface area contributed by atoms with Gasteiger partial charge in [-0.1, -0.05) is 12.1 Å². The lowest BCUT2D eigenvalue weighted by molar-refractivity contribution is 0.242. The predicted molar refractivity (Wildman–Crippen MR) is 80.9 cm³/mol. The molecule has 1 heterocycles. The highest BCUT2D eigenvalue weighted by Crippen LogP contribution is 2.22. The van der Waals surface area contributed by atoms with E-state index in [0.29, 0.717) is 0 Å². The summed E-state index contributed by atoms with van der Waals surface area (Å²) in [6.45, 7) is 4.08. The summed E-state index contributed by atoms with van der Waals surface area (Å²) >= 11 is 0. The second kappa shape index (κ2) is 6.57. The number of imidazole rings is 1. The number of nitrogens with one attached hydrogen (secondary N) is 1. The van der Waals surface area contributed by atoms with Gasteiger partial charge in [0.25, 0.3) is 0 Å². The molecule has 0 radical (unpaired) electrons. The fourth-order valence-corrected chi connectivity index (χ4v) is 2.24. The predicted octanol–water partition coefficient (Wildman–Crippen LogP) is 2.71. The van der Waals surface area contributed by atoms with E-state index in [4.69, 9.17) is 4.74 Å². The molecular weight excluding hydrogens is 250 g/mol. The zero-order valence-corrected chi connectivity index (χ0v) is 12.6. The zero-order chi connectivity index (χ0) is 14.5. The number of hydrogen-bond donors (Lipinski definition) is 1. The lowest BCUT2D eigenvalue weighted by Gasteiger charge is -2.18. The first-order valence-corrected chi connectivity index (χ1v) is 7.00. The van der Waals surface area contributed by atoms with Crippen molar-refractivity contribution in [1.82, 2.24) is 14.9 Å². The van der Waals surface area contributed by atoms with Crippen molar-refractivity contribution in [3.8, 4) is 5.75 Å². The molecule has 1 aromatic heterocycles. The van der Waals surface area contributed by atoms with Gasteiger partial charge >= 0.3 is 0 Å². The van der Waals surface area contributed by atoms with Gasteiger partial charge in [-0.2, -0.15) is 0 Å². The zero-order valence-electron chi connectivity index (χ0n) is 12.6. The Kier molecular flexibility index (Phi) is 4.79. The van der Waals surface area contributed by atoms with Gasteiger partial charge in [0.15, 0.2) is 0 Å². The third kappa shape index (κ3) is 3.61. The lowest BCUT2D eigenvalue weighted by Crippen LogP contribution is -2.20. The van der Waals surface area contributed by atoms with Gasteiger partial charge in [0.2, 0.25) is 0 Å². The van der Waals surface area contributed by atoms with E-state index in [9.17, 15) is 0 Å². The van der Waals surface area contributed by atoms with Gasteiger partial charge in [-0.15, -0.1) is 0 Å². The molecule has 0 aliphatic carbocycles. The van der Waals surface area contributed by atoms with Crippen LogP contribution in [0.4, 0.5) is 0 Å². The summed E-state index contributed by atoms with van der Waals surface area (Å²) < 4.78 is 7.81. The van der Waals surface area contributed by atoms with Crippen LogP contribution < -0.4 is 10.1 Å². The van der Waals surface area contributed by atoms with Crippen LogP contribution in [0.1, 0.15) is 31.3 Å². The number of benzene rings is 1. The molecule has 2 rings (SSSR count). The van der Waals surface area contributed by atoms with Crippen molar-refractivity contribution in [2.24, 2.45) is 7.05 Å². The number of ether oxygens (including phenoxy) is 1. The summed E-state index contributed by atoms with van der Waals surface area (Å²) in [6, 6.07) is 8.49. The summed E-state index contributed by atoms with van der Waals surface area (Å²) in [6.07, 6.45) is 4.85. The number of nitrogens with zero attached hydrogens (tertiary/aromatic N) is 2. The highest BCUT2D eigenvalue weighted by atomic mass is 16.5. The monoisotopic (exact) mass is 273 g/mol. The second-order valence-electron chi connectivity index (χ2n) is 5.24. The van der Waals surface area contributed by atoms with Crippen molar-refractivity contribution in [3.63, 3.8) is 0 Å². The van der Waals surface area contributed by atoms with E-state index in [1.807, 2.05) is 52.5 Å². The van der Waals surface area contributed by atoms with Crippen molar-refractivity contribution in [1.29, 1.82) is 0 Å². The first-order valence-electron chi connectivity index (χ1n) is 7.00. The average Bonchev–Trinajstić information content (AvgIpc) is 2.81. The molecule has 0 aliphatic heterocycles. The van der Waals surface area contributed by atoms with E-state index in [2.05, 4.69) is 27.0 Å². The minimum Gasteiger partial charge on any atom is -0.491 e. The normalized spacial score (nSPS) is 12.7. The first-order chi connectivity index (χ1) is 9.60. The van der Waals surface area contributed by atoms with E-state index >= 15 is 0 Å². The van der Waals surface area contributed by atoms with E-state index in [-0.39, 0.29) is 12.1 Å². The summed E-state index contributed by atoms with van der Waals surface area (Å²) in [7, 11) is 4.00. The molecule has 1 N–H and O–H groups in total. The first kappa shape index (κ1) is 14.6. The van der Waals surface area contributed by atoms with Gasteiger partial charge < -0.3 is 14.6 Å². The van der Waals surface area contributed by atoms with Crippen LogP contribution in [0.15, 0.2) is 36.7 Å². The molecule has 0 saturated carbocycles. The third-order valence-corrected chi connectivity index (χ3v) is 3.29. The van der Waals surface area contributed by atoms with Gasteiger partial charge in [0, 0.05) is 31.9 Å². The minimum atomic E-state index is 0.188. The van der Waals surface area contributed by atoms with Crippen molar-refractivity contribution in [2.45, 2.75) is 32.4 Å². The average molecular weight is 273 g/mol. The summed E-state index contributed by atoms with van der Waals surface area (Å²) in [5.74, 6) is 1.98. The smallest absolute Gasteiger partial charge is 0.120 e. The van der Waals surface area contributed by atoms with Crippen LogP contribution >= 0.6 is 0 Å². The SMILES string of the molecule is CNC(Cc1nccn1C)c1cccc(OC(C)C)c1. The van der Waals surface area contributed by atoms with Crippen LogP contribution in [-0.4, -0.2) is 22.7 Å². The van der Waals surface area contributed by atoms with Gasteiger partial charge in [0.1, 0.15) is 11.6 Å². The number of hydrogen-bond acceptors (Lipinski definition) is 3. The molecule has 20 heavy (non-hydrogen) atoms. The van der Waals surface area contributed by atoms with Crippen LogP contribution in [0.2, 0.25) is 0 Å². The minimum absolute atomic E-state index is 0.188. The van der Waals surface area contributed by atoms with Gasteiger partial charge in [-0.3, -0.25) is 0 Å². The molecule has 4 nitrogen and oxygen atoms in total. The van der Waals surface area contributed by atoms with Crippen LogP contribution in [0.3, 0.4) is 0 Å². The fraction of sp³-hybridized carbons (Fsp3) is 0.438. The fourth-order valence-electron chi connectivity index (χ4n) is 2.24. The second-order valence-corrected chi connectivity index (χ2v) is 5.24. The van der Waals surface area contributed by atoms with Crippen molar-refractivity contribution < 1.29 is 4.74 Å². The number of rotatable bonds is 6. The highest BCUT2D eigenvalue weighted by Gasteiger charge is 2.13. The molecule has 1 unspecified atom stereocenters. The van der Waals surface area contributed by atoms with Gasteiger partial charge in [0.05, 0.1) is 6.10 Å². The van der Waals surface area contributed by atoms with Gasteiger partial charge in [-0.25, -0.2) is 4.98 Å². The van der Waals surface area contributed by atoms with Crippen LogP contribution in [0, 0.1) is 0 Å². The van der Waals surface area contributed by atoms with E-state index in [1.54, 1.807) is 0 Å². The Morgan fingerprint density at radius 2 is 2.15 bits per heavy atom. The Labute approximate surface area is 120 Å². The maximum atomic E-state index is 5.76. The van der Waals surface area contributed by atoms with Gasteiger partial charge in [-0.05, 0) is 38.6 Å². The molecule has 0 spiro atoms. The van der Waals surface area contributed by atoms with E-state index < -0.39 is 0 Å². The number of aryl methyl sites for hydroxylation is 1. The molecule has 1 atom stereocenters. The molecule has 1 aromatic carbocycles. The Bertz CT molecular complexity index is 548. The maximum absolute atomic E-state index is 5.76. The summed E-state index contributed by atoms with van der Waals surface area (Å²) in [5, 5.41) is 3.36. The quantitative estimate of drug-likeness (QED) is 0.879. The van der Waals surface area contributed by atoms with E-state index in [1.165, 1.54) is 5.56 Å². The molecule has 2 aromatic rings. The highest BCUT2D eigenvalue weighted by molar-refractivity contribution is 5.31. The van der Waals surface area contributed by atoms with Crippen LogP contribution in [0.5, 0.6) is 5.75 Å². The molecule has 0 bridgehead atoms. The molecule has 108 valence electrons. The third-order valence-electron chi connectivity index (χ3n) is 3.29. The number of aromatic nitrogens is 2. The molecule has 0 amide bonds. The molecule has 0 saturated heterocycles.